The SMILES string of the molecule is CCC(C)C(S)CN1CCCC1=O. The van der Waals surface area contributed by atoms with Gasteiger partial charge in [-0.25, -0.2) is 0 Å². The number of amides is 1. The Bertz CT molecular complexity index is 184. The van der Waals surface area contributed by atoms with Gasteiger partial charge in [-0.15, -0.1) is 0 Å². The number of hydrogen-bond acceptors (Lipinski definition) is 2. The third-order valence-corrected chi connectivity index (χ3v) is 3.55. The van der Waals surface area contributed by atoms with Gasteiger partial charge in [0.2, 0.25) is 5.91 Å². The molecule has 0 saturated carbocycles. The van der Waals surface area contributed by atoms with Gasteiger partial charge in [0.1, 0.15) is 0 Å². The van der Waals surface area contributed by atoms with Crippen molar-refractivity contribution in [2.75, 3.05) is 13.1 Å². The first-order valence-electron chi connectivity index (χ1n) is 5.11. The van der Waals surface area contributed by atoms with Crippen LogP contribution in [0.15, 0.2) is 0 Å². The van der Waals surface area contributed by atoms with Gasteiger partial charge in [-0.05, 0) is 12.3 Å². The van der Waals surface area contributed by atoms with Crippen LogP contribution in [-0.4, -0.2) is 29.1 Å². The summed E-state index contributed by atoms with van der Waals surface area (Å²) in [6.45, 7) is 6.13. The van der Waals surface area contributed by atoms with Crippen molar-refractivity contribution in [2.45, 2.75) is 38.4 Å². The summed E-state index contributed by atoms with van der Waals surface area (Å²) in [5, 5.41) is 0.340. The first-order valence-corrected chi connectivity index (χ1v) is 5.62. The fourth-order valence-electron chi connectivity index (χ4n) is 1.57. The van der Waals surface area contributed by atoms with Gasteiger partial charge in [-0.3, -0.25) is 4.79 Å². The average molecular weight is 201 g/mol. The number of likely N-dealkylation sites (tertiary alicyclic amines) is 1. The summed E-state index contributed by atoms with van der Waals surface area (Å²) >= 11 is 4.53. The number of hydrogen-bond donors (Lipinski definition) is 1. The van der Waals surface area contributed by atoms with Crippen LogP contribution >= 0.6 is 12.6 Å². The number of rotatable bonds is 4. The Labute approximate surface area is 86.1 Å². The fourth-order valence-corrected chi connectivity index (χ4v) is 1.98. The number of thiol groups is 1. The second-order valence-corrected chi connectivity index (χ2v) is 4.56. The van der Waals surface area contributed by atoms with Crippen LogP contribution in [-0.2, 0) is 4.79 Å². The minimum atomic E-state index is 0.308. The van der Waals surface area contributed by atoms with Crippen molar-refractivity contribution in [2.24, 2.45) is 5.92 Å². The van der Waals surface area contributed by atoms with Crippen molar-refractivity contribution < 1.29 is 4.79 Å². The molecule has 3 heteroatoms. The van der Waals surface area contributed by atoms with Crippen LogP contribution in [0.5, 0.6) is 0 Å². The van der Waals surface area contributed by atoms with Crippen LogP contribution in [0.3, 0.4) is 0 Å². The van der Waals surface area contributed by atoms with Crippen LogP contribution in [0.1, 0.15) is 33.1 Å². The van der Waals surface area contributed by atoms with E-state index >= 15 is 0 Å². The predicted octanol–water partition coefficient (Wildman–Crippen LogP) is 1.95. The van der Waals surface area contributed by atoms with Crippen molar-refractivity contribution in [3.63, 3.8) is 0 Å². The zero-order valence-electron chi connectivity index (χ0n) is 8.49. The van der Waals surface area contributed by atoms with Gasteiger partial charge in [0.15, 0.2) is 0 Å². The summed E-state index contributed by atoms with van der Waals surface area (Å²) in [4.78, 5) is 13.3. The standard InChI is InChI=1S/C10H19NOS/c1-3-8(2)9(13)7-11-6-4-5-10(11)12/h8-9,13H,3-7H2,1-2H3. The lowest BCUT2D eigenvalue weighted by Crippen LogP contribution is -2.33. The van der Waals surface area contributed by atoms with E-state index in [0.717, 1.165) is 32.4 Å². The van der Waals surface area contributed by atoms with E-state index in [2.05, 4.69) is 26.5 Å². The van der Waals surface area contributed by atoms with E-state index in [-0.39, 0.29) is 0 Å². The summed E-state index contributed by atoms with van der Waals surface area (Å²) in [5.41, 5.74) is 0. The van der Waals surface area contributed by atoms with E-state index in [4.69, 9.17) is 0 Å². The average Bonchev–Trinajstić information content (AvgIpc) is 2.50. The molecule has 0 aliphatic carbocycles. The Morgan fingerprint density at radius 3 is 2.77 bits per heavy atom. The Kier molecular flexibility index (Phi) is 4.10. The highest BCUT2D eigenvalue weighted by atomic mass is 32.1. The summed E-state index contributed by atoms with van der Waals surface area (Å²) < 4.78 is 0. The molecule has 76 valence electrons. The summed E-state index contributed by atoms with van der Waals surface area (Å²) in [6.07, 6.45) is 2.90. The van der Waals surface area contributed by atoms with E-state index in [1.54, 1.807) is 0 Å². The third-order valence-electron chi connectivity index (χ3n) is 2.88. The Balaban J connectivity index is 2.34. The maximum Gasteiger partial charge on any atom is 0.222 e. The van der Waals surface area contributed by atoms with E-state index in [1.807, 2.05) is 4.90 Å². The van der Waals surface area contributed by atoms with Gasteiger partial charge in [0, 0.05) is 24.8 Å². The van der Waals surface area contributed by atoms with Crippen molar-refractivity contribution >= 4 is 18.5 Å². The fraction of sp³-hybridized carbons (Fsp3) is 0.900. The normalized spacial score (nSPS) is 22.1. The molecule has 2 atom stereocenters. The molecule has 0 radical (unpaired) electrons. The van der Waals surface area contributed by atoms with Crippen molar-refractivity contribution in [1.82, 2.24) is 4.90 Å². The smallest absolute Gasteiger partial charge is 0.222 e. The number of carbonyl (C=O) groups is 1. The maximum atomic E-state index is 11.3. The summed E-state index contributed by atoms with van der Waals surface area (Å²) in [6, 6.07) is 0. The zero-order valence-corrected chi connectivity index (χ0v) is 9.39. The van der Waals surface area contributed by atoms with Gasteiger partial charge in [-0.2, -0.15) is 12.6 Å². The minimum Gasteiger partial charge on any atom is -0.342 e. The Morgan fingerprint density at radius 1 is 1.62 bits per heavy atom. The zero-order chi connectivity index (χ0) is 9.84. The van der Waals surface area contributed by atoms with Gasteiger partial charge in [0.05, 0.1) is 0 Å². The molecule has 1 aliphatic rings. The van der Waals surface area contributed by atoms with Gasteiger partial charge < -0.3 is 4.90 Å². The second kappa shape index (κ2) is 4.89. The molecular formula is C10H19NOS. The topological polar surface area (TPSA) is 20.3 Å². The number of carbonyl (C=O) groups excluding carboxylic acids is 1. The lowest BCUT2D eigenvalue weighted by Gasteiger charge is -2.23. The Morgan fingerprint density at radius 2 is 2.31 bits per heavy atom. The minimum absolute atomic E-state index is 0.308. The molecule has 0 aromatic rings. The molecule has 13 heavy (non-hydrogen) atoms. The molecule has 0 N–H and O–H groups in total. The van der Waals surface area contributed by atoms with Crippen LogP contribution in [0.4, 0.5) is 0 Å². The first kappa shape index (κ1) is 10.9. The molecule has 1 heterocycles. The molecule has 1 rings (SSSR count). The molecule has 0 aromatic carbocycles. The Hall–Kier alpha value is -0.180. The lowest BCUT2D eigenvalue weighted by atomic mass is 10.0. The van der Waals surface area contributed by atoms with Crippen molar-refractivity contribution in [1.29, 1.82) is 0 Å². The first-order chi connectivity index (χ1) is 6.15. The molecule has 1 fully saturated rings. The van der Waals surface area contributed by atoms with Gasteiger partial charge in [0.25, 0.3) is 0 Å². The molecule has 0 aromatic heterocycles. The molecule has 1 aliphatic heterocycles. The quantitative estimate of drug-likeness (QED) is 0.689. The van der Waals surface area contributed by atoms with Crippen LogP contribution in [0, 0.1) is 5.92 Å². The number of nitrogens with zero attached hydrogens (tertiary/aromatic N) is 1. The molecule has 1 saturated heterocycles. The second-order valence-electron chi connectivity index (χ2n) is 3.90. The van der Waals surface area contributed by atoms with Gasteiger partial charge >= 0.3 is 0 Å². The molecule has 2 unspecified atom stereocenters. The monoisotopic (exact) mass is 201 g/mol. The highest BCUT2D eigenvalue weighted by molar-refractivity contribution is 7.81. The highest BCUT2D eigenvalue weighted by Gasteiger charge is 2.23. The van der Waals surface area contributed by atoms with Gasteiger partial charge in [-0.1, -0.05) is 20.3 Å². The highest BCUT2D eigenvalue weighted by Crippen LogP contribution is 2.18. The summed E-state index contributed by atoms with van der Waals surface area (Å²) in [5.74, 6) is 0.902. The van der Waals surface area contributed by atoms with E-state index < -0.39 is 0 Å². The molecule has 1 amide bonds. The van der Waals surface area contributed by atoms with E-state index in [9.17, 15) is 4.79 Å². The van der Waals surface area contributed by atoms with Crippen LogP contribution < -0.4 is 0 Å². The molecular weight excluding hydrogens is 182 g/mol. The summed E-state index contributed by atoms with van der Waals surface area (Å²) in [7, 11) is 0. The van der Waals surface area contributed by atoms with Crippen LogP contribution in [0.2, 0.25) is 0 Å². The van der Waals surface area contributed by atoms with E-state index in [0.29, 0.717) is 17.1 Å². The molecule has 0 bridgehead atoms. The molecule has 0 spiro atoms. The maximum absolute atomic E-state index is 11.3. The van der Waals surface area contributed by atoms with Crippen LogP contribution in [0.25, 0.3) is 0 Å². The predicted molar refractivity (Wildman–Crippen MR) is 58.0 cm³/mol. The van der Waals surface area contributed by atoms with Crippen molar-refractivity contribution in [3.8, 4) is 0 Å². The largest absolute Gasteiger partial charge is 0.342 e. The third kappa shape index (κ3) is 2.90. The van der Waals surface area contributed by atoms with E-state index in [1.165, 1.54) is 0 Å². The lowest BCUT2D eigenvalue weighted by molar-refractivity contribution is -0.127. The van der Waals surface area contributed by atoms with Crippen molar-refractivity contribution in [3.05, 3.63) is 0 Å². The molecule has 2 nitrogen and oxygen atoms in total.